The normalized spacial score (nSPS) is 19.5. The highest BCUT2D eigenvalue weighted by atomic mass is 16.2. The number of amides is 1. The van der Waals surface area contributed by atoms with Crippen molar-refractivity contribution in [3.8, 4) is 11.1 Å². The van der Waals surface area contributed by atoms with Gasteiger partial charge < -0.3 is 15.1 Å². The van der Waals surface area contributed by atoms with Gasteiger partial charge in [-0.05, 0) is 47.9 Å². The Bertz CT molecular complexity index is 1280. The first-order valence-corrected chi connectivity index (χ1v) is 13.1. The number of carbonyl (C=O) groups excluding carboxylic acids is 1. The van der Waals surface area contributed by atoms with Crippen LogP contribution >= 0.6 is 0 Å². The number of nitrogens with zero attached hydrogens (tertiary/aromatic N) is 5. The topological polar surface area (TPSA) is 64.6 Å². The summed E-state index contributed by atoms with van der Waals surface area (Å²) in [5, 5.41) is 3.09. The van der Waals surface area contributed by atoms with Crippen molar-refractivity contribution in [2.24, 2.45) is 0 Å². The molecule has 1 aliphatic heterocycles. The van der Waals surface area contributed by atoms with Gasteiger partial charge >= 0.3 is 0 Å². The Hall–Kier alpha value is -3.71. The number of piperazine rings is 1. The van der Waals surface area contributed by atoms with E-state index in [1.165, 1.54) is 22.4 Å². The third-order valence-corrected chi connectivity index (χ3v) is 7.54. The molecule has 37 heavy (non-hydrogen) atoms. The van der Waals surface area contributed by atoms with E-state index in [2.05, 4.69) is 57.4 Å². The molecule has 0 aromatic carbocycles. The fourth-order valence-corrected chi connectivity index (χ4v) is 5.30. The van der Waals surface area contributed by atoms with Gasteiger partial charge in [0.2, 0.25) is 0 Å². The summed E-state index contributed by atoms with van der Waals surface area (Å²) in [7, 11) is 5.47. The standard InChI is InChI=1S/C30H36N6O/c1-21-24(18-27-26(12-13-32-29(21)27)23-9-11-28(31-2)33-19-23)20-35-14-16-36(17-15-35)25-7-5-6-22(8-10-25)30(37)34(3)4/h6-13,18-19,21H,5,14-17,20H2,1-4H3,(H,31,33)/t21-/m1/s1. The highest BCUT2D eigenvalue weighted by Crippen LogP contribution is 2.40. The van der Waals surface area contributed by atoms with Gasteiger partial charge in [0, 0.05) is 94.6 Å². The van der Waals surface area contributed by atoms with Gasteiger partial charge in [-0.2, -0.15) is 0 Å². The molecule has 1 saturated heterocycles. The molecular formula is C30H36N6O. The Morgan fingerprint density at radius 1 is 1.08 bits per heavy atom. The average Bonchev–Trinajstić information content (AvgIpc) is 3.08. The van der Waals surface area contributed by atoms with Gasteiger partial charge in [-0.3, -0.25) is 14.7 Å². The van der Waals surface area contributed by atoms with Crippen molar-refractivity contribution in [2.75, 3.05) is 59.2 Å². The molecule has 0 unspecified atom stereocenters. The van der Waals surface area contributed by atoms with E-state index >= 15 is 0 Å². The van der Waals surface area contributed by atoms with Crippen LogP contribution in [0.2, 0.25) is 0 Å². The van der Waals surface area contributed by atoms with Crippen LogP contribution in [-0.4, -0.2) is 84.4 Å². The second-order valence-corrected chi connectivity index (χ2v) is 10.1. The fourth-order valence-electron chi connectivity index (χ4n) is 5.30. The lowest BCUT2D eigenvalue weighted by molar-refractivity contribution is -0.124. The number of nitrogens with one attached hydrogen (secondary N) is 1. The summed E-state index contributed by atoms with van der Waals surface area (Å²) in [5.41, 5.74) is 8.10. The van der Waals surface area contributed by atoms with E-state index in [9.17, 15) is 4.79 Å². The SMILES string of the molecule is CNc1ccc(-c2ccnc3c2C=C(CN2CCN(C4=CCC=C(C(=O)N(C)C)C=C4)CC2)[C@H]3C)cn1. The minimum atomic E-state index is 0.0552. The Labute approximate surface area is 219 Å². The Kier molecular flexibility index (Phi) is 7.24. The summed E-state index contributed by atoms with van der Waals surface area (Å²) in [5.74, 6) is 1.23. The summed E-state index contributed by atoms with van der Waals surface area (Å²) >= 11 is 0. The zero-order valence-electron chi connectivity index (χ0n) is 22.2. The molecule has 5 rings (SSSR count). The number of allylic oxidation sites excluding steroid dienone is 3. The van der Waals surface area contributed by atoms with Crippen LogP contribution in [0.1, 0.15) is 30.5 Å². The molecule has 2 aromatic heterocycles. The lowest BCUT2D eigenvalue weighted by atomic mass is 9.99. The maximum absolute atomic E-state index is 12.3. The van der Waals surface area contributed by atoms with Crippen LogP contribution in [-0.2, 0) is 4.79 Å². The molecule has 1 atom stereocenters. The van der Waals surface area contributed by atoms with Crippen molar-refractivity contribution in [1.82, 2.24) is 24.7 Å². The molecule has 0 saturated carbocycles. The third kappa shape index (κ3) is 5.23. The summed E-state index contributed by atoms with van der Waals surface area (Å²) in [6, 6.07) is 6.23. The average molecular weight is 497 g/mol. The van der Waals surface area contributed by atoms with E-state index < -0.39 is 0 Å². The molecule has 0 radical (unpaired) electrons. The van der Waals surface area contributed by atoms with E-state index in [1.54, 1.807) is 19.0 Å². The summed E-state index contributed by atoms with van der Waals surface area (Å²) in [6.07, 6.45) is 15.3. The largest absolute Gasteiger partial charge is 0.373 e. The van der Waals surface area contributed by atoms with Gasteiger partial charge in [-0.1, -0.05) is 25.2 Å². The van der Waals surface area contributed by atoms with Crippen LogP contribution in [0.25, 0.3) is 17.2 Å². The maximum atomic E-state index is 12.3. The van der Waals surface area contributed by atoms with E-state index in [0.29, 0.717) is 5.92 Å². The summed E-state index contributed by atoms with van der Waals surface area (Å²) in [6.45, 7) is 7.22. The number of anilines is 1. The monoisotopic (exact) mass is 496 g/mol. The van der Waals surface area contributed by atoms with E-state index in [4.69, 9.17) is 4.98 Å². The van der Waals surface area contributed by atoms with Gasteiger partial charge in [0.1, 0.15) is 5.82 Å². The van der Waals surface area contributed by atoms with Gasteiger partial charge in [0.25, 0.3) is 5.91 Å². The van der Waals surface area contributed by atoms with Crippen molar-refractivity contribution in [3.05, 3.63) is 83.0 Å². The smallest absolute Gasteiger partial charge is 0.253 e. The Morgan fingerprint density at radius 3 is 2.59 bits per heavy atom. The number of likely N-dealkylation sites (N-methyl/N-ethyl adjacent to an activating group) is 1. The Morgan fingerprint density at radius 2 is 1.89 bits per heavy atom. The van der Waals surface area contributed by atoms with Crippen molar-refractivity contribution >= 4 is 17.8 Å². The minimum Gasteiger partial charge on any atom is -0.373 e. The number of fused-ring (bicyclic) bond motifs is 1. The molecule has 192 valence electrons. The second kappa shape index (κ2) is 10.7. The maximum Gasteiger partial charge on any atom is 0.253 e. The van der Waals surface area contributed by atoms with E-state index in [1.807, 2.05) is 37.7 Å². The zero-order chi connectivity index (χ0) is 25.9. The summed E-state index contributed by atoms with van der Waals surface area (Å²) in [4.78, 5) is 28.2. The molecule has 2 aromatic rings. The zero-order valence-corrected chi connectivity index (χ0v) is 22.2. The van der Waals surface area contributed by atoms with Gasteiger partial charge in [0.15, 0.2) is 0 Å². The first kappa shape index (κ1) is 25.0. The second-order valence-electron chi connectivity index (χ2n) is 10.1. The van der Waals surface area contributed by atoms with Crippen molar-refractivity contribution in [3.63, 3.8) is 0 Å². The van der Waals surface area contributed by atoms with Crippen molar-refractivity contribution in [2.45, 2.75) is 19.3 Å². The lowest BCUT2D eigenvalue weighted by Crippen LogP contribution is -2.46. The number of pyridine rings is 2. The number of carbonyl (C=O) groups is 1. The molecule has 0 spiro atoms. The highest BCUT2D eigenvalue weighted by Gasteiger charge is 2.28. The van der Waals surface area contributed by atoms with Crippen LogP contribution in [0.5, 0.6) is 0 Å². The summed E-state index contributed by atoms with van der Waals surface area (Å²) < 4.78 is 0. The van der Waals surface area contributed by atoms with E-state index in [0.717, 1.165) is 61.8 Å². The molecule has 7 nitrogen and oxygen atoms in total. The fraction of sp³-hybridized carbons (Fsp3) is 0.367. The number of hydrogen-bond donors (Lipinski definition) is 1. The number of rotatable bonds is 6. The van der Waals surface area contributed by atoms with Crippen LogP contribution in [0, 0.1) is 0 Å². The number of hydrogen-bond acceptors (Lipinski definition) is 6. The number of aromatic nitrogens is 2. The predicted molar refractivity (Wildman–Crippen MR) is 150 cm³/mol. The molecule has 3 aliphatic rings. The molecule has 1 N–H and O–H groups in total. The molecule has 1 amide bonds. The highest BCUT2D eigenvalue weighted by molar-refractivity contribution is 5.96. The first-order valence-electron chi connectivity index (χ1n) is 13.1. The molecule has 0 bridgehead atoms. The lowest BCUT2D eigenvalue weighted by Gasteiger charge is -2.37. The van der Waals surface area contributed by atoms with Crippen LogP contribution < -0.4 is 5.32 Å². The molecule has 2 aliphatic carbocycles. The minimum absolute atomic E-state index is 0.0552. The van der Waals surface area contributed by atoms with Crippen molar-refractivity contribution < 1.29 is 4.79 Å². The van der Waals surface area contributed by atoms with E-state index in [-0.39, 0.29) is 5.91 Å². The quantitative estimate of drug-likeness (QED) is 0.648. The molecule has 7 heteroatoms. The first-order chi connectivity index (χ1) is 17.9. The van der Waals surface area contributed by atoms with Gasteiger partial charge in [-0.25, -0.2) is 4.98 Å². The predicted octanol–water partition coefficient (Wildman–Crippen LogP) is 4.16. The molecule has 3 heterocycles. The van der Waals surface area contributed by atoms with Gasteiger partial charge in [0.05, 0.1) is 5.69 Å². The van der Waals surface area contributed by atoms with Crippen LogP contribution in [0.3, 0.4) is 0 Å². The van der Waals surface area contributed by atoms with Crippen molar-refractivity contribution in [1.29, 1.82) is 0 Å². The molecular weight excluding hydrogens is 460 g/mol. The third-order valence-electron chi connectivity index (χ3n) is 7.54. The Balaban J connectivity index is 1.23. The van der Waals surface area contributed by atoms with Crippen LogP contribution in [0.15, 0.2) is 71.7 Å². The van der Waals surface area contributed by atoms with Crippen LogP contribution in [0.4, 0.5) is 5.82 Å². The van der Waals surface area contributed by atoms with Gasteiger partial charge in [-0.15, -0.1) is 0 Å². The molecule has 1 fully saturated rings.